The van der Waals surface area contributed by atoms with Crippen molar-refractivity contribution in [2.45, 2.75) is 20.3 Å². The zero-order valence-corrected chi connectivity index (χ0v) is 9.95. The van der Waals surface area contributed by atoms with Gasteiger partial charge in [0.15, 0.2) is 0 Å². The first kappa shape index (κ1) is 14.9. The minimum atomic E-state index is -0.479. The quantitative estimate of drug-likeness (QED) is 0.553. The van der Waals surface area contributed by atoms with Crippen LogP contribution in [0.1, 0.15) is 20.3 Å². The van der Waals surface area contributed by atoms with Crippen LogP contribution in [0.25, 0.3) is 0 Å². The third kappa shape index (κ3) is 7.19. The molecule has 16 heavy (non-hydrogen) atoms. The molecule has 3 amide bonds. The van der Waals surface area contributed by atoms with E-state index in [9.17, 15) is 9.59 Å². The Morgan fingerprint density at radius 2 is 1.94 bits per heavy atom. The molecule has 0 saturated carbocycles. The maximum atomic E-state index is 11.4. The average molecular weight is 231 g/mol. The van der Waals surface area contributed by atoms with Gasteiger partial charge in [0.1, 0.15) is 0 Å². The number of nitrogens with one attached hydrogen (secondary N) is 2. The molecule has 0 rings (SSSR count). The molecule has 0 aromatic carbocycles. The summed E-state index contributed by atoms with van der Waals surface area (Å²) in [4.78, 5) is 24.2. The third-order valence-electron chi connectivity index (χ3n) is 1.91. The summed E-state index contributed by atoms with van der Waals surface area (Å²) in [7, 11) is 0. The van der Waals surface area contributed by atoms with Crippen LogP contribution in [0.4, 0.5) is 4.79 Å². The second-order valence-electron chi connectivity index (χ2n) is 3.41. The van der Waals surface area contributed by atoms with Gasteiger partial charge in [0.25, 0.3) is 0 Å². The molecule has 0 bridgehead atoms. The molecular formula is C10H21N3O3. The van der Waals surface area contributed by atoms with Gasteiger partial charge in [0.05, 0.1) is 13.2 Å². The van der Waals surface area contributed by atoms with Crippen LogP contribution in [-0.2, 0) is 4.79 Å². The summed E-state index contributed by atoms with van der Waals surface area (Å²) < 4.78 is 0. The molecule has 0 unspecified atom stereocenters. The second kappa shape index (κ2) is 9.11. The fraction of sp³-hybridized carbons (Fsp3) is 0.800. The first-order valence-corrected chi connectivity index (χ1v) is 5.54. The highest BCUT2D eigenvalue weighted by Gasteiger charge is 2.11. The van der Waals surface area contributed by atoms with Crippen LogP contribution in [0, 0.1) is 0 Å². The van der Waals surface area contributed by atoms with Crippen molar-refractivity contribution in [3.8, 4) is 0 Å². The van der Waals surface area contributed by atoms with Crippen molar-refractivity contribution in [3.05, 3.63) is 0 Å². The lowest BCUT2D eigenvalue weighted by molar-refractivity contribution is -0.121. The van der Waals surface area contributed by atoms with Crippen molar-refractivity contribution in [2.24, 2.45) is 0 Å². The Bertz CT molecular complexity index is 215. The molecule has 0 atom stereocenters. The number of carbonyl (C=O) groups is 2. The maximum absolute atomic E-state index is 11.4. The molecule has 0 aliphatic heterocycles. The van der Waals surface area contributed by atoms with Crippen molar-refractivity contribution in [1.82, 2.24) is 15.5 Å². The molecule has 0 aliphatic rings. The van der Waals surface area contributed by atoms with E-state index in [0.29, 0.717) is 13.1 Å². The lowest BCUT2D eigenvalue weighted by atomic mass is 10.4. The smallest absolute Gasteiger partial charge is 0.321 e. The van der Waals surface area contributed by atoms with E-state index in [4.69, 9.17) is 5.11 Å². The van der Waals surface area contributed by atoms with Crippen molar-refractivity contribution in [1.29, 1.82) is 0 Å². The number of imide groups is 1. The molecule has 0 fully saturated rings. The van der Waals surface area contributed by atoms with Crippen LogP contribution in [0.3, 0.4) is 0 Å². The minimum Gasteiger partial charge on any atom is -0.395 e. The van der Waals surface area contributed by atoms with Crippen LogP contribution < -0.4 is 10.6 Å². The molecule has 0 saturated heterocycles. The summed E-state index contributed by atoms with van der Waals surface area (Å²) in [6, 6.07) is -0.479. The number of urea groups is 1. The van der Waals surface area contributed by atoms with Crippen molar-refractivity contribution in [2.75, 3.05) is 32.8 Å². The molecule has 94 valence electrons. The lowest BCUT2D eigenvalue weighted by Gasteiger charge is -2.19. The van der Waals surface area contributed by atoms with Gasteiger partial charge in [-0.25, -0.2) is 4.79 Å². The van der Waals surface area contributed by atoms with Crippen molar-refractivity contribution >= 4 is 11.9 Å². The summed E-state index contributed by atoms with van der Waals surface area (Å²) in [5.41, 5.74) is 0. The Morgan fingerprint density at radius 3 is 2.44 bits per heavy atom. The number of aliphatic hydroxyl groups is 1. The first-order valence-electron chi connectivity index (χ1n) is 5.54. The predicted octanol–water partition coefficient (Wildman–Crippen LogP) is -0.464. The highest BCUT2D eigenvalue weighted by molar-refractivity contribution is 5.95. The molecule has 0 spiro atoms. The van der Waals surface area contributed by atoms with E-state index < -0.39 is 6.03 Å². The van der Waals surface area contributed by atoms with E-state index in [2.05, 4.69) is 10.6 Å². The van der Waals surface area contributed by atoms with Gasteiger partial charge in [0.2, 0.25) is 5.91 Å². The molecule has 0 aliphatic carbocycles. The second-order valence-corrected chi connectivity index (χ2v) is 3.41. The van der Waals surface area contributed by atoms with Gasteiger partial charge in [-0.05, 0) is 19.9 Å². The summed E-state index contributed by atoms with van der Waals surface area (Å²) in [6.07, 6.45) is 0.897. The molecule has 6 nitrogen and oxygen atoms in total. The normalized spacial score (nSPS) is 10.2. The van der Waals surface area contributed by atoms with Crippen LogP contribution in [0.15, 0.2) is 0 Å². The topological polar surface area (TPSA) is 81.7 Å². The highest BCUT2D eigenvalue weighted by Crippen LogP contribution is 1.90. The van der Waals surface area contributed by atoms with Crippen LogP contribution in [0.2, 0.25) is 0 Å². The highest BCUT2D eigenvalue weighted by atomic mass is 16.3. The van der Waals surface area contributed by atoms with E-state index in [1.54, 1.807) is 11.8 Å². The maximum Gasteiger partial charge on any atom is 0.321 e. The minimum absolute atomic E-state index is 0.00837. The number of hydrogen-bond donors (Lipinski definition) is 3. The van der Waals surface area contributed by atoms with Gasteiger partial charge >= 0.3 is 6.03 Å². The molecule has 0 aromatic rings. The monoisotopic (exact) mass is 231 g/mol. The third-order valence-corrected chi connectivity index (χ3v) is 1.91. The Balaban J connectivity index is 3.93. The van der Waals surface area contributed by atoms with Gasteiger partial charge in [-0.1, -0.05) is 6.92 Å². The van der Waals surface area contributed by atoms with Gasteiger partial charge in [-0.3, -0.25) is 15.0 Å². The Kier molecular flexibility index (Phi) is 8.46. The lowest BCUT2D eigenvalue weighted by Crippen LogP contribution is -2.45. The summed E-state index contributed by atoms with van der Waals surface area (Å²) in [5, 5.41) is 13.5. The van der Waals surface area contributed by atoms with Gasteiger partial charge < -0.3 is 10.4 Å². The Labute approximate surface area is 96.0 Å². The van der Waals surface area contributed by atoms with E-state index >= 15 is 0 Å². The fourth-order valence-electron chi connectivity index (χ4n) is 1.30. The Morgan fingerprint density at radius 1 is 1.25 bits per heavy atom. The fourth-order valence-corrected chi connectivity index (χ4v) is 1.30. The predicted molar refractivity (Wildman–Crippen MR) is 61.0 cm³/mol. The molecule has 0 aromatic heterocycles. The van der Waals surface area contributed by atoms with E-state index in [1.807, 2.05) is 6.92 Å². The standard InChI is InChI=1S/C10H21N3O3/c1-3-5-13(6-7-14)8-9(15)12-10(16)11-4-2/h14H,3-8H2,1-2H3,(H2,11,12,15,16). The summed E-state index contributed by atoms with van der Waals surface area (Å²) >= 11 is 0. The van der Waals surface area contributed by atoms with Crippen molar-refractivity contribution in [3.63, 3.8) is 0 Å². The number of rotatable bonds is 7. The van der Waals surface area contributed by atoms with Crippen LogP contribution in [-0.4, -0.2) is 54.7 Å². The largest absolute Gasteiger partial charge is 0.395 e. The van der Waals surface area contributed by atoms with E-state index in [0.717, 1.165) is 13.0 Å². The molecule has 3 N–H and O–H groups in total. The van der Waals surface area contributed by atoms with Gasteiger partial charge in [-0.2, -0.15) is 0 Å². The number of carbonyl (C=O) groups excluding carboxylic acids is 2. The van der Waals surface area contributed by atoms with Crippen LogP contribution in [0.5, 0.6) is 0 Å². The summed E-state index contributed by atoms with van der Waals surface area (Å²) in [5.74, 6) is -0.354. The van der Waals surface area contributed by atoms with Gasteiger partial charge in [-0.15, -0.1) is 0 Å². The number of hydrogen-bond acceptors (Lipinski definition) is 4. The SMILES string of the molecule is CCCN(CCO)CC(=O)NC(=O)NCC. The average Bonchev–Trinajstić information content (AvgIpc) is 2.18. The Hall–Kier alpha value is -1.14. The van der Waals surface area contributed by atoms with Gasteiger partial charge in [0, 0.05) is 13.1 Å². The molecule has 0 radical (unpaired) electrons. The molecular weight excluding hydrogens is 210 g/mol. The number of aliphatic hydroxyl groups excluding tert-OH is 1. The number of amides is 3. The van der Waals surface area contributed by atoms with E-state index in [-0.39, 0.29) is 19.1 Å². The zero-order valence-electron chi connectivity index (χ0n) is 9.95. The van der Waals surface area contributed by atoms with Crippen molar-refractivity contribution < 1.29 is 14.7 Å². The molecule has 0 heterocycles. The van der Waals surface area contributed by atoms with E-state index in [1.165, 1.54) is 0 Å². The van der Waals surface area contributed by atoms with Crippen LogP contribution >= 0.6 is 0 Å². The summed E-state index contributed by atoms with van der Waals surface area (Å²) in [6.45, 7) is 5.56. The number of nitrogens with zero attached hydrogens (tertiary/aromatic N) is 1. The first-order chi connectivity index (χ1) is 7.63. The molecule has 6 heteroatoms. The zero-order chi connectivity index (χ0) is 12.4.